The first kappa shape index (κ1) is 17.2. The molecule has 1 N–H and O–H groups in total. The Morgan fingerprint density at radius 3 is 2.50 bits per heavy atom. The summed E-state index contributed by atoms with van der Waals surface area (Å²) in [4.78, 5) is 14.0. The van der Waals surface area contributed by atoms with Crippen LogP contribution in [0.15, 0.2) is 67.3 Å². The van der Waals surface area contributed by atoms with Crippen molar-refractivity contribution in [3.05, 3.63) is 78.4 Å². The van der Waals surface area contributed by atoms with Crippen LogP contribution in [-0.4, -0.2) is 39.3 Å². The molecule has 0 radical (unpaired) electrons. The van der Waals surface area contributed by atoms with Gasteiger partial charge < -0.3 is 14.8 Å². The summed E-state index contributed by atoms with van der Waals surface area (Å²) in [7, 11) is 1.75. The van der Waals surface area contributed by atoms with Crippen LogP contribution in [0.3, 0.4) is 0 Å². The lowest BCUT2D eigenvalue weighted by Gasteiger charge is -2.18. The van der Waals surface area contributed by atoms with Crippen LogP contribution in [0.25, 0.3) is 0 Å². The summed E-state index contributed by atoms with van der Waals surface area (Å²) in [6, 6.07) is 17.1. The number of aromatic nitrogens is 3. The van der Waals surface area contributed by atoms with Crippen LogP contribution in [0.4, 0.5) is 10.5 Å². The van der Waals surface area contributed by atoms with Crippen LogP contribution in [-0.2, 0) is 6.54 Å². The Labute approximate surface area is 152 Å². The van der Waals surface area contributed by atoms with Gasteiger partial charge in [0.15, 0.2) is 0 Å². The molecule has 0 atom stereocenters. The largest absolute Gasteiger partial charge is 0.326 e. The van der Waals surface area contributed by atoms with Crippen molar-refractivity contribution in [3.63, 3.8) is 0 Å². The summed E-state index contributed by atoms with van der Waals surface area (Å²) in [6.07, 6.45) is 3.25. The first-order valence-electron chi connectivity index (χ1n) is 8.23. The second kappa shape index (κ2) is 8.49. The third-order valence-electron chi connectivity index (χ3n) is 3.79. The molecule has 6 nitrogen and oxygen atoms in total. The minimum Gasteiger partial charge on any atom is -0.326 e. The maximum absolute atomic E-state index is 12.4. The monoisotopic (exact) mass is 345 g/mol. The molecule has 6 heteroatoms. The number of nitrogens with zero attached hydrogens (tertiary/aromatic N) is 4. The van der Waals surface area contributed by atoms with Gasteiger partial charge in [0, 0.05) is 31.3 Å². The van der Waals surface area contributed by atoms with Gasteiger partial charge in [0.1, 0.15) is 12.7 Å². The number of carbonyl (C=O) groups excluding carboxylic acids is 1. The Bertz CT molecular complexity index is 910. The summed E-state index contributed by atoms with van der Waals surface area (Å²) in [5.74, 6) is 6.24. The number of amides is 2. The standard InChI is InChI=1S/C20H19N5O/c1-24(13-14-25-15-21-22-16-25)20(26)23-19-10-6-5-9-18(19)12-11-17-7-3-2-4-8-17/h2-10,15-16H,13-14H2,1H3,(H,23,26). The van der Waals surface area contributed by atoms with E-state index in [9.17, 15) is 4.79 Å². The van der Waals surface area contributed by atoms with E-state index in [2.05, 4.69) is 27.4 Å². The molecule has 2 aromatic carbocycles. The van der Waals surface area contributed by atoms with Crippen molar-refractivity contribution in [2.45, 2.75) is 6.54 Å². The van der Waals surface area contributed by atoms with Gasteiger partial charge in [-0.1, -0.05) is 42.2 Å². The molecular weight excluding hydrogens is 326 g/mol. The molecule has 0 bridgehead atoms. The molecule has 1 heterocycles. The molecule has 0 saturated carbocycles. The molecule has 0 aliphatic carbocycles. The molecule has 0 spiro atoms. The van der Waals surface area contributed by atoms with E-state index in [1.54, 1.807) is 24.6 Å². The Hall–Kier alpha value is -3.59. The minimum atomic E-state index is -0.188. The van der Waals surface area contributed by atoms with E-state index in [1.165, 1.54) is 0 Å². The van der Waals surface area contributed by atoms with Gasteiger partial charge in [0.25, 0.3) is 0 Å². The zero-order valence-corrected chi connectivity index (χ0v) is 14.5. The van der Waals surface area contributed by atoms with E-state index in [-0.39, 0.29) is 6.03 Å². The van der Waals surface area contributed by atoms with Gasteiger partial charge in [0.2, 0.25) is 0 Å². The first-order chi connectivity index (χ1) is 12.7. The molecule has 3 rings (SSSR count). The number of benzene rings is 2. The van der Waals surface area contributed by atoms with E-state index in [0.29, 0.717) is 18.8 Å². The molecule has 0 aliphatic rings. The van der Waals surface area contributed by atoms with E-state index < -0.39 is 0 Å². The van der Waals surface area contributed by atoms with Gasteiger partial charge in [-0.25, -0.2) is 4.79 Å². The van der Waals surface area contributed by atoms with Crippen LogP contribution in [0.1, 0.15) is 11.1 Å². The van der Waals surface area contributed by atoms with Gasteiger partial charge in [0.05, 0.1) is 5.69 Å². The van der Waals surface area contributed by atoms with Gasteiger partial charge in [-0.15, -0.1) is 10.2 Å². The predicted molar refractivity (Wildman–Crippen MR) is 101 cm³/mol. The number of nitrogens with one attached hydrogen (secondary N) is 1. The number of hydrogen-bond donors (Lipinski definition) is 1. The van der Waals surface area contributed by atoms with E-state index in [1.807, 2.05) is 59.2 Å². The summed E-state index contributed by atoms with van der Waals surface area (Å²) in [6.45, 7) is 1.17. The molecule has 3 aromatic rings. The van der Waals surface area contributed by atoms with Crippen LogP contribution in [0, 0.1) is 11.8 Å². The van der Waals surface area contributed by atoms with Crippen molar-refractivity contribution < 1.29 is 4.79 Å². The average molecular weight is 345 g/mol. The fraction of sp³-hybridized carbons (Fsp3) is 0.150. The molecule has 0 fully saturated rings. The summed E-state index contributed by atoms with van der Waals surface area (Å²) in [5, 5.41) is 10.4. The second-order valence-corrected chi connectivity index (χ2v) is 5.71. The van der Waals surface area contributed by atoms with Gasteiger partial charge in [-0.2, -0.15) is 0 Å². The molecular formula is C20H19N5O. The Morgan fingerprint density at radius 1 is 1.04 bits per heavy atom. The van der Waals surface area contributed by atoms with E-state index >= 15 is 0 Å². The fourth-order valence-electron chi connectivity index (χ4n) is 2.28. The summed E-state index contributed by atoms with van der Waals surface area (Å²) < 4.78 is 1.82. The maximum atomic E-state index is 12.4. The smallest absolute Gasteiger partial charge is 0.321 e. The van der Waals surface area contributed by atoms with Crippen molar-refractivity contribution >= 4 is 11.7 Å². The minimum absolute atomic E-state index is 0.188. The SMILES string of the molecule is CN(CCn1cnnc1)C(=O)Nc1ccccc1C#Cc1ccccc1. The number of anilines is 1. The lowest BCUT2D eigenvalue weighted by molar-refractivity contribution is 0.220. The van der Waals surface area contributed by atoms with Crippen molar-refractivity contribution in [1.82, 2.24) is 19.7 Å². The van der Waals surface area contributed by atoms with Crippen molar-refractivity contribution in [2.24, 2.45) is 0 Å². The molecule has 0 unspecified atom stereocenters. The van der Waals surface area contributed by atoms with Crippen LogP contribution >= 0.6 is 0 Å². The maximum Gasteiger partial charge on any atom is 0.321 e. The molecule has 2 amide bonds. The molecule has 26 heavy (non-hydrogen) atoms. The molecule has 130 valence electrons. The van der Waals surface area contributed by atoms with Crippen molar-refractivity contribution in [1.29, 1.82) is 0 Å². The average Bonchev–Trinajstić information content (AvgIpc) is 3.20. The third kappa shape index (κ3) is 4.71. The Morgan fingerprint density at radius 2 is 1.73 bits per heavy atom. The number of likely N-dealkylation sites (N-methyl/N-ethyl adjacent to an activating group) is 1. The normalized spacial score (nSPS) is 9.88. The van der Waals surface area contributed by atoms with E-state index in [0.717, 1.165) is 11.1 Å². The Kier molecular flexibility index (Phi) is 5.63. The lowest BCUT2D eigenvalue weighted by Crippen LogP contribution is -2.34. The number of urea groups is 1. The molecule has 1 aromatic heterocycles. The lowest BCUT2D eigenvalue weighted by atomic mass is 10.1. The number of para-hydroxylation sites is 1. The molecule has 0 aliphatic heterocycles. The zero-order valence-electron chi connectivity index (χ0n) is 14.5. The highest BCUT2D eigenvalue weighted by Crippen LogP contribution is 2.14. The highest BCUT2D eigenvalue weighted by Gasteiger charge is 2.10. The first-order valence-corrected chi connectivity index (χ1v) is 8.23. The number of rotatable bonds is 4. The van der Waals surface area contributed by atoms with Crippen LogP contribution < -0.4 is 5.32 Å². The highest BCUT2D eigenvalue weighted by atomic mass is 16.2. The zero-order chi connectivity index (χ0) is 18.2. The number of hydrogen-bond acceptors (Lipinski definition) is 3. The van der Waals surface area contributed by atoms with Crippen LogP contribution in [0.5, 0.6) is 0 Å². The molecule has 0 saturated heterocycles. The van der Waals surface area contributed by atoms with Gasteiger partial charge in [-0.05, 0) is 24.3 Å². The second-order valence-electron chi connectivity index (χ2n) is 5.71. The van der Waals surface area contributed by atoms with E-state index in [4.69, 9.17) is 0 Å². The van der Waals surface area contributed by atoms with Crippen molar-refractivity contribution in [2.75, 3.05) is 18.9 Å². The quantitative estimate of drug-likeness (QED) is 0.740. The third-order valence-corrected chi connectivity index (χ3v) is 3.79. The van der Waals surface area contributed by atoms with Gasteiger partial charge in [-0.3, -0.25) is 0 Å². The van der Waals surface area contributed by atoms with Crippen LogP contribution in [0.2, 0.25) is 0 Å². The fourth-order valence-corrected chi connectivity index (χ4v) is 2.28. The Balaban J connectivity index is 1.66. The summed E-state index contributed by atoms with van der Waals surface area (Å²) in [5.41, 5.74) is 2.40. The summed E-state index contributed by atoms with van der Waals surface area (Å²) >= 11 is 0. The van der Waals surface area contributed by atoms with Gasteiger partial charge >= 0.3 is 6.03 Å². The highest BCUT2D eigenvalue weighted by molar-refractivity contribution is 5.90. The van der Waals surface area contributed by atoms with Crippen molar-refractivity contribution in [3.8, 4) is 11.8 Å². The topological polar surface area (TPSA) is 63.1 Å². The number of carbonyl (C=O) groups is 1. The predicted octanol–water partition coefficient (Wildman–Crippen LogP) is 2.84.